The summed E-state index contributed by atoms with van der Waals surface area (Å²) in [5.74, 6) is 0.172. The molecule has 0 bridgehead atoms. The number of carbonyl (C=O) groups is 2. The second-order valence-corrected chi connectivity index (χ2v) is 10.3. The largest absolute Gasteiger partial charge is 0.453 e. The number of hydrogen-bond donors (Lipinski definition) is 4. The van der Waals surface area contributed by atoms with Crippen LogP contribution in [0.5, 0.6) is 0 Å². The highest BCUT2D eigenvalue weighted by Crippen LogP contribution is 2.42. The fourth-order valence-electron chi connectivity index (χ4n) is 5.68. The van der Waals surface area contributed by atoms with Crippen molar-refractivity contribution >= 4 is 28.9 Å². The van der Waals surface area contributed by atoms with Crippen molar-refractivity contribution in [3.8, 4) is 0 Å². The van der Waals surface area contributed by atoms with E-state index in [0.717, 1.165) is 63.2 Å². The lowest BCUT2D eigenvalue weighted by Crippen LogP contribution is -2.52. The second kappa shape index (κ2) is 10.00. The van der Waals surface area contributed by atoms with Crippen LogP contribution >= 0.6 is 0 Å². The summed E-state index contributed by atoms with van der Waals surface area (Å²) < 4.78 is 4.70. The molecule has 1 aromatic rings. The molecule has 9 heteroatoms. The van der Waals surface area contributed by atoms with Crippen molar-refractivity contribution < 1.29 is 19.4 Å². The smallest absolute Gasteiger partial charge is 0.407 e. The fourth-order valence-corrected chi connectivity index (χ4v) is 5.68. The number of Topliss-reactive ketones (excluding diaryl/α,β-unsaturated/α-hetero) is 1. The maximum Gasteiger partial charge on any atom is 0.407 e. The summed E-state index contributed by atoms with van der Waals surface area (Å²) in [6.45, 7) is 10.1. The lowest BCUT2D eigenvalue weighted by atomic mass is 9.70. The number of nitrogens with one attached hydrogen (secondary N) is 3. The molecular weight excluding hydrogens is 434 g/mol. The van der Waals surface area contributed by atoms with Gasteiger partial charge in [0.25, 0.3) is 0 Å². The molecule has 3 aliphatic rings. The predicted molar refractivity (Wildman–Crippen MR) is 133 cm³/mol. The maximum atomic E-state index is 13.5. The highest BCUT2D eigenvalue weighted by atomic mass is 16.5. The van der Waals surface area contributed by atoms with Crippen LogP contribution in [0.2, 0.25) is 0 Å². The van der Waals surface area contributed by atoms with E-state index in [-0.39, 0.29) is 18.4 Å². The minimum atomic E-state index is -0.446. The van der Waals surface area contributed by atoms with Gasteiger partial charge in [0, 0.05) is 49.4 Å². The summed E-state index contributed by atoms with van der Waals surface area (Å²) in [6, 6.07) is 4.71. The molecule has 34 heavy (non-hydrogen) atoms. The van der Waals surface area contributed by atoms with Gasteiger partial charge in [-0.1, -0.05) is 6.92 Å². The van der Waals surface area contributed by atoms with Crippen LogP contribution < -0.4 is 20.9 Å². The van der Waals surface area contributed by atoms with Crippen molar-refractivity contribution in [1.82, 2.24) is 10.2 Å². The summed E-state index contributed by atoms with van der Waals surface area (Å²) in [6.07, 6.45) is 2.14. The molecule has 1 aliphatic carbocycles. The van der Waals surface area contributed by atoms with Crippen molar-refractivity contribution in [2.45, 2.75) is 64.7 Å². The zero-order valence-corrected chi connectivity index (χ0v) is 20.8. The molecule has 2 heterocycles. The number of β-amino-alcohol motifs (C(OH)–C–C–N with tert-alkyl or cyclic N) is 1. The molecular formula is C25H39N5O4. The molecule has 1 aromatic carbocycles. The van der Waals surface area contributed by atoms with Gasteiger partial charge in [0.05, 0.1) is 25.1 Å². The molecule has 1 saturated heterocycles. The van der Waals surface area contributed by atoms with Crippen LogP contribution in [0.1, 0.15) is 45.1 Å². The van der Waals surface area contributed by atoms with Crippen LogP contribution in [-0.4, -0.2) is 80.0 Å². The number of benzene rings is 1. The molecule has 1 saturated carbocycles. The van der Waals surface area contributed by atoms with E-state index >= 15 is 0 Å². The fraction of sp³-hybridized carbons (Fsp3) is 0.680. The predicted octanol–water partition coefficient (Wildman–Crippen LogP) is 2.54. The number of aliphatic hydroxyl groups excluding tert-OH is 1. The monoisotopic (exact) mass is 473 g/mol. The normalized spacial score (nSPS) is 29.1. The Labute approximate surface area is 202 Å². The van der Waals surface area contributed by atoms with Gasteiger partial charge in [-0.05, 0) is 57.2 Å². The van der Waals surface area contributed by atoms with Crippen molar-refractivity contribution in [2.75, 3.05) is 55.4 Å². The Morgan fingerprint density at radius 2 is 1.88 bits per heavy atom. The molecule has 2 atom stereocenters. The van der Waals surface area contributed by atoms with Crippen molar-refractivity contribution in [2.24, 2.45) is 5.41 Å². The average Bonchev–Trinajstić information content (AvgIpc) is 3.22. The summed E-state index contributed by atoms with van der Waals surface area (Å²) in [7, 11) is 1.37. The molecule has 0 aromatic heterocycles. The van der Waals surface area contributed by atoms with E-state index < -0.39 is 17.7 Å². The van der Waals surface area contributed by atoms with E-state index in [2.05, 4.69) is 51.7 Å². The lowest BCUT2D eigenvalue weighted by molar-refractivity contribution is -0.129. The molecule has 4 N–H and O–H groups in total. The quantitative estimate of drug-likeness (QED) is 0.500. The number of ketones is 1. The first-order valence-corrected chi connectivity index (χ1v) is 12.4. The highest BCUT2D eigenvalue weighted by molar-refractivity contribution is 5.98. The number of nitrogens with zero attached hydrogens (tertiary/aromatic N) is 2. The minimum Gasteiger partial charge on any atom is -0.453 e. The number of carbonyl (C=O) groups excluding carboxylic acids is 2. The van der Waals surface area contributed by atoms with Gasteiger partial charge in [0.2, 0.25) is 0 Å². The molecule has 2 fully saturated rings. The van der Waals surface area contributed by atoms with Gasteiger partial charge >= 0.3 is 6.09 Å². The van der Waals surface area contributed by atoms with Crippen molar-refractivity contribution in [1.29, 1.82) is 0 Å². The number of hydrogen-bond acceptors (Lipinski definition) is 8. The maximum absolute atomic E-state index is 13.5. The van der Waals surface area contributed by atoms with Gasteiger partial charge in [0.15, 0.2) is 11.9 Å². The van der Waals surface area contributed by atoms with E-state index in [4.69, 9.17) is 4.74 Å². The Kier molecular flexibility index (Phi) is 7.23. The van der Waals surface area contributed by atoms with Gasteiger partial charge in [-0.15, -0.1) is 0 Å². The first-order chi connectivity index (χ1) is 16.2. The zero-order chi connectivity index (χ0) is 24.5. The van der Waals surface area contributed by atoms with E-state index in [1.165, 1.54) is 18.4 Å². The first kappa shape index (κ1) is 24.6. The molecule has 188 valence electrons. The van der Waals surface area contributed by atoms with E-state index in [9.17, 15) is 14.7 Å². The van der Waals surface area contributed by atoms with Crippen LogP contribution in [0.25, 0.3) is 0 Å². The first-order valence-electron chi connectivity index (χ1n) is 12.4. The van der Waals surface area contributed by atoms with Gasteiger partial charge < -0.3 is 30.7 Å². The Morgan fingerprint density at radius 1 is 1.21 bits per heavy atom. The number of methoxy groups -OCH3 is 1. The SMILES string of the molecule is COC(=O)NC1CCC(C)(C(=O)[C@@H]2Nc3cc(C)c(N4CCN(CCO)CC4C)cc3N2)CC1. The summed E-state index contributed by atoms with van der Waals surface area (Å²) in [5, 5.41) is 19.0. The third-order valence-corrected chi connectivity index (χ3v) is 7.83. The van der Waals surface area contributed by atoms with Crippen LogP contribution in [-0.2, 0) is 9.53 Å². The molecule has 1 unspecified atom stereocenters. The Balaban J connectivity index is 1.41. The van der Waals surface area contributed by atoms with Gasteiger partial charge in [0.1, 0.15) is 0 Å². The Bertz CT molecular complexity index is 915. The van der Waals surface area contributed by atoms with E-state index in [1.807, 2.05) is 6.92 Å². The second-order valence-electron chi connectivity index (χ2n) is 10.3. The zero-order valence-electron chi connectivity index (χ0n) is 20.8. The van der Waals surface area contributed by atoms with Crippen molar-refractivity contribution in [3.63, 3.8) is 0 Å². The standard InChI is InChI=1S/C25H39N5O4/c1-16-13-19-20(14-21(16)30-10-9-29(11-12-31)15-17(30)2)28-23(27-19)22(32)25(3)7-5-18(6-8-25)26-24(33)34-4/h13-14,17-18,23,27-28,31H,5-12,15H2,1-4H3,(H,26,33)/t17?,18?,23-,25?/m1/s1. The number of fused-ring (bicyclic) bond motifs is 1. The Hall–Kier alpha value is -2.52. The van der Waals surface area contributed by atoms with Crippen LogP contribution in [0.3, 0.4) is 0 Å². The number of rotatable bonds is 6. The summed E-state index contributed by atoms with van der Waals surface area (Å²) in [4.78, 5) is 29.8. The molecule has 9 nitrogen and oxygen atoms in total. The third-order valence-electron chi connectivity index (χ3n) is 7.83. The number of aliphatic hydroxyl groups is 1. The number of aryl methyl sites for hydroxylation is 1. The topological polar surface area (TPSA) is 106 Å². The molecule has 1 amide bonds. The van der Waals surface area contributed by atoms with E-state index in [0.29, 0.717) is 6.04 Å². The Morgan fingerprint density at radius 3 is 2.50 bits per heavy atom. The van der Waals surface area contributed by atoms with Gasteiger partial charge in [-0.25, -0.2) is 4.79 Å². The van der Waals surface area contributed by atoms with Crippen LogP contribution in [0.15, 0.2) is 12.1 Å². The van der Waals surface area contributed by atoms with Crippen LogP contribution in [0, 0.1) is 12.3 Å². The number of alkyl carbamates (subject to hydrolysis) is 1. The summed E-state index contributed by atoms with van der Waals surface area (Å²) >= 11 is 0. The summed E-state index contributed by atoms with van der Waals surface area (Å²) in [5.41, 5.74) is 3.88. The third kappa shape index (κ3) is 4.95. The minimum absolute atomic E-state index is 0.0556. The highest BCUT2D eigenvalue weighted by Gasteiger charge is 2.43. The lowest BCUT2D eigenvalue weighted by Gasteiger charge is -2.41. The van der Waals surface area contributed by atoms with Crippen molar-refractivity contribution in [3.05, 3.63) is 17.7 Å². The molecule has 0 spiro atoms. The number of anilines is 3. The average molecular weight is 474 g/mol. The molecule has 0 radical (unpaired) electrons. The molecule has 2 aliphatic heterocycles. The number of ether oxygens (including phenoxy) is 1. The number of amides is 1. The molecule has 4 rings (SSSR count). The van der Waals surface area contributed by atoms with Gasteiger partial charge in [-0.2, -0.15) is 0 Å². The number of piperazine rings is 1. The van der Waals surface area contributed by atoms with Gasteiger partial charge in [-0.3, -0.25) is 9.69 Å². The van der Waals surface area contributed by atoms with E-state index in [1.54, 1.807) is 0 Å². The van der Waals surface area contributed by atoms with Crippen LogP contribution in [0.4, 0.5) is 21.9 Å².